The average molecular weight is 402 g/mol. The van der Waals surface area contributed by atoms with Crippen molar-refractivity contribution in [2.45, 2.75) is 58.0 Å². The monoisotopic (exact) mass is 401 g/mol. The Morgan fingerprint density at radius 2 is 1.93 bits per heavy atom. The van der Waals surface area contributed by atoms with Crippen LogP contribution in [0.2, 0.25) is 0 Å². The Kier molecular flexibility index (Phi) is 5.04. The maximum atomic E-state index is 13.6. The third-order valence-corrected chi connectivity index (χ3v) is 6.67. The Bertz CT molecular complexity index is 901. The van der Waals surface area contributed by atoms with Crippen LogP contribution in [0.15, 0.2) is 12.1 Å². The molecule has 3 aliphatic rings. The maximum Gasteiger partial charge on any atom is 0.264 e. The summed E-state index contributed by atoms with van der Waals surface area (Å²) in [6.45, 7) is 6.43. The Labute approximate surface area is 170 Å². The minimum Gasteiger partial charge on any atom is -0.324 e. The molecule has 0 unspecified atom stereocenters. The van der Waals surface area contributed by atoms with Crippen LogP contribution >= 0.6 is 0 Å². The van der Waals surface area contributed by atoms with Gasteiger partial charge in [-0.3, -0.25) is 4.68 Å². The van der Waals surface area contributed by atoms with Crippen LogP contribution in [0.1, 0.15) is 59.7 Å². The van der Waals surface area contributed by atoms with Gasteiger partial charge in [-0.15, -0.1) is 0 Å². The fourth-order valence-electron chi connectivity index (χ4n) is 5.15. The van der Waals surface area contributed by atoms with Crippen LogP contribution in [0.4, 0.5) is 20.3 Å². The summed E-state index contributed by atoms with van der Waals surface area (Å²) in [6.07, 6.45) is 2.66. The lowest BCUT2D eigenvalue weighted by atomic mass is 9.95. The van der Waals surface area contributed by atoms with Crippen molar-refractivity contribution >= 4 is 11.5 Å². The second kappa shape index (κ2) is 7.69. The third kappa shape index (κ3) is 3.34. The van der Waals surface area contributed by atoms with Crippen molar-refractivity contribution in [3.8, 4) is 0 Å². The number of rotatable bonds is 3. The van der Waals surface area contributed by atoms with Gasteiger partial charge in [0.15, 0.2) is 5.82 Å². The highest BCUT2D eigenvalue weighted by Crippen LogP contribution is 2.40. The van der Waals surface area contributed by atoms with Crippen molar-refractivity contribution in [3.05, 3.63) is 40.1 Å². The van der Waals surface area contributed by atoms with E-state index in [0.29, 0.717) is 11.6 Å². The Balaban J connectivity index is 1.60. The zero-order valence-corrected chi connectivity index (χ0v) is 17.0. The molecule has 156 valence electrons. The Morgan fingerprint density at radius 3 is 2.72 bits per heavy atom. The van der Waals surface area contributed by atoms with E-state index in [1.54, 1.807) is 13.0 Å². The normalized spacial score (nSPS) is 20.1. The van der Waals surface area contributed by atoms with Crippen LogP contribution in [0.3, 0.4) is 0 Å². The van der Waals surface area contributed by atoms with Crippen molar-refractivity contribution in [2.75, 3.05) is 31.1 Å². The molecule has 0 amide bonds. The largest absolute Gasteiger partial charge is 0.324 e. The zero-order valence-electron chi connectivity index (χ0n) is 17.0. The molecule has 1 saturated heterocycles. The molecule has 5 rings (SSSR count). The first kappa shape index (κ1) is 19.0. The lowest BCUT2D eigenvalue weighted by molar-refractivity contribution is 0.150. The Morgan fingerprint density at radius 1 is 1.10 bits per heavy atom. The highest BCUT2D eigenvalue weighted by Gasteiger charge is 2.31. The molecule has 7 heteroatoms. The van der Waals surface area contributed by atoms with Gasteiger partial charge in [0.1, 0.15) is 0 Å². The van der Waals surface area contributed by atoms with Gasteiger partial charge < -0.3 is 15.5 Å². The van der Waals surface area contributed by atoms with Gasteiger partial charge in [0.25, 0.3) is 6.43 Å². The standard InChI is InChI=1S/C22H29F2N5/c1-14-11-15-3-2-10-28(20(15)12-17(14)21(23)24)22-18-13-26-9-6-19(18)29(27-22)16-4-7-25-8-5-16/h11-12,16,21,25-26H,2-10,13H2,1H3. The number of halogens is 2. The average Bonchev–Trinajstić information content (AvgIpc) is 3.13. The number of benzene rings is 1. The van der Waals surface area contributed by atoms with Crippen LogP contribution in [-0.4, -0.2) is 36.0 Å². The number of nitrogens with one attached hydrogen (secondary N) is 2. The van der Waals surface area contributed by atoms with E-state index >= 15 is 0 Å². The lowest BCUT2D eigenvalue weighted by Crippen LogP contribution is -2.32. The SMILES string of the molecule is Cc1cc2c(cc1C(F)F)N(c1nn(C3CCNCC3)c3c1CNCC3)CCC2. The summed E-state index contributed by atoms with van der Waals surface area (Å²) in [5.74, 6) is 0.968. The highest BCUT2D eigenvalue weighted by molar-refractivity contribution is 5.70. The molecular weight excluding hydrogens is 372 g/mol. The Hall–Kier alpha value is -1.99. The molecule has 0 saturated carbocycles. The van der Waals surface area contributed by atoms with E-state index in [4.69, 9.17) is 5.10 Å². The lowest BCUT2D eigenvalue weighted by Gasteiger charge is -2.32. The number of hydrogen-bond acceptors (Lipinski definition) is 4. The molecule has 29 heavy (non-hydrogen) atoms. The van der Waals surface area contributed by atoms with Crippen molar-refractivity contribution in [2.24, 2.45) is 0 Å². The summed E-state index contributed by atoms with van der Waals surface area (Å²) in [7, 11) is 0. The predicted molar refractivity (Wildman–Crippen MR) is 110 cm³/mol. The van der Waals surface area contributed by atoms with E-state index in [2.05, 4.69) is 20.2 Å². The maximum absolute atomic E-state index is 13.6. The molecule has 0 aliphatic carbocycles. The van der Waals surface area contributed by atoms with E-state index < -0.39 is 6.43 Å². The number of fused-ring (bicyclic) bond motifs is 2. The van der Waals surface area contributed by atoms with Crippen LogP contribution in [-0.2, 0) is 19.4 Å². The van der Waals surface area contributed by atoms with Gasteiger partial charge >= 0.3 is 0 Å². The van der Waals surface area contributed by atoms with Crippen LogP contribution in [0.5, 0.6) is 0 Å². The number of alkyl halides is 2. The molecule has 0 radical (unpaired) electrons. The molecule has 2 N–H and O–H groups in total. The van der Waals surface area contributed by atoms with Gasteiger partial charge in [0.05, 0.1) is 6.04 Å². The molecule has 1 aromatic carbocycles. The number of hydrogen-bond donors (Lipinski definition) is 2. The summed E-state index contributed by atoms with van der Waals surface area (Å²) in [6, 6.07) is 4.09. The summed E-state index contributed by atoms with van der Waals surface area (Å²) in [4.78, 5) is 2.20. The van der Waals surface area contributed by atoms with E-state index in [9.17, 15) is 8.78 Å². The summed E-state index contributed by atoms with van der Waals surface area (Å²) < 4.78 is 29.5. The molecule has 5 nitrogen and oxygen atoms in total. The minimum atomic E-state index is -2.45. The van der Waals surface area contributed by atoms with Gasteiger partial charge in [-0.05, 0) is 62.9 Å². The van der Waals surface area contributed by atoms with E-state index in [-0.39, 0.29) is 5.56 Å². The first-order valence-corrected chi connectivity index (χ1v) is 10.8. The van der Waals surface area contributed by atoms with Gasteiger partial charge in [-0.2, -0.15) is 5.10 Å². The van der Waals surface area contributed by atoms with Gasteiger partial charge in [-0.25, -0.2) is 8.78 Å². The molecule has 3 aliphatic heterocycles. The number of piperidine rings is 1. The number of anilines is 2. The second-order valence-corrected chi connectivity index (χ2v) is 8.49. The first-order chi connectivity index (χ1) is 14.1. The van der Waals surface area contributed by atoms with Crippen LogP contribution in [0.25, 0.3) is 0 Å². The second-order valence-electron chi connectivity index (χ2n) is 8.49. The van der Waals surface area contributed by atoms with Crippen molar-refractivity contribution in [3.63, 3.8) is 0 Å². The van der Waals surface area contributed by atoms with E-state index in [1.807, 2.05) is 6.07 Å². The van der Waals surface area contributed by atoms with E-state index in [0.717, 1.165) is 81.9 Å². The summed E-state index contributed by atoms with van der Waals surface area (Å²) in [5.41, 5.74) is 5.48. The number of aromatic nitrogens is 2. The predicted octanol–water partition coefficient (Wildman–Crippen LogP) is 3.78. The van der Waals surface area contributed by atoms with Crippen LogP contribution in [0, 0.1) is 6.92 Å². The van der Waals surface area contributed by atoms with Crippen molar-refractivity contribution in [1.29, 1.82) is 0 Å². The van der Waals surface area contributed by atoms with Crippen molar-refractivity contribution in [1.82, 2.24) is 20.4 Å². The summed E-state index contributed by atoms with van der Waals surface area (Å²) in [5, 5.41) is 12.0. The molecule has 4 heterocycles. The summed E-state index contributed by atoms with van der Waals surface area (Å²) >= 11 is 0. The molecule has 1 aromatic heterocycles. The molecule has 0 atom stereocenters. The molecular formula is C22H29F2N5. The number of aryl methyl sites for hydroxylation is 2. The first-order valence-electron chi connectivity index (χ1n) is 10.8. The molecule has 1 fully saturated rings. The van der Waals surface area contributed by atoms with Gasteiger partial charge in [-0.1, -0.05) is 6.07 Å². The molecule has 0 bridgehead atoms. The quantitative estimate of drug-likeness (QED) is 0.822. The minimum absolute atomic E-state index is 0.139. The molecule has 0 spiro atoms. The van der Waals surface area contributed by atoms with Crippen LogP contribution < -0.4 is 15.5 Å². The van der Waals surface area contributed by atoms with Gasteiger partial charge in [0.2, 0.25) is 0 Å². The fourth-order valence-corrected chi connectivity index (χ4v) is 5.15. The fraction of sp³-hybridized carbons (Fsp3) is 0.591. The van der Waals surface area contributed by atoms with E-state index in [1.165, 1.54) is 11.3 Å². The van der Waals surface area contributed by atoms with Crippen molar-refractivity contribution < 1.29 is 8.78 Å². The number of nitrogens with zero attached hydrogens (tertiary/aromatic N) is 3. The topological polar surface area (TPSA) is 45.1 Å². The van der Waals surface area contributed by atoms with Gasteiger partial charge in [0, 0.05) is 48.6 Å². The molecule has 2 aromatic rings. The smallest absolute Gasteiger partial charge is 0.264 e. The zero-order chi connectivity index (χ0) is 20.0. The highest BCUT2D eigenvalue weighted by atomic mass is 19.3. The third-order valence-electron chi connectivity index (χ3n) is 6.67.